The maximum absolute atomic E-state index is 12.2. The first kappa shape index (κ1) is 16.0. The summed E-state index contributed by atoms with van der Waals surface area (Å²) in [6.07, 6.45) is 0. The number of aryl methyl sites for hydroxylation is 2. The van der Waals surface area contributed by atoms with E-state index in [-0.39, 0.29) is 10.6 Å². The van der Waals surface area contributed by atoms with Gasteiger partial charge < -0.3 is 8.92 Å². The van der Waals surface area contributed by atoms with Gasteiger partial charge in [0.25, 0.3) is 0 Å². The van der Waals surface area contributed by atoms with E-state index in [2.05, 4.69) is 4.74 Å². The highest BCUT2D eigenvalue weighted by Crippen LogP contribution is 2.24. The molecule has 0 atom stereocenters. The number of esters is 1. The van der Waals surface area contributed by atoms with E-state index in [1.54, 1.807) is 19.1 Å². The van der Waals surface area contributed by atoms with Gasteiger partial charge in [-0.25, -0.2) is 4.79 Å². The molecule has 116 valence electrons. The summed E-state index contributed by atoms with van der Waals surface area (Å²) in [5, 5.41) is 0. The predicted molar refractivity (Wildman–Crippen MR) is 81.5 cm³/mol. The molecule has 0 bridgehead atoms. The van der Waals surface area contributed by atoms with Crippen molar-refractivity contribution in [1.29, 1.82) is 0 Å². The zero-order valence-corrected chi connectivity index (χ0v) is 13.3. The Labute approximate surface area is 129 Å². The van der Waals surface area contributed by atoms with Crippen LogP contribution in [-0.2, 0) is 14.9 Å². The van der Waals surface area contributed by atoms with Crippen LogP contribution in [0.5, 0.6) is 5.75 Å². The molecule has 0 N–H and O–H groups in total. The molecule has 2 rings (SSSR count). The third-order valence-corrected chi connectivity index (χ3v) is 4.35. The molecule has 0 saturated carbocycles. The van der Waals surface area contributed by atoms with Gasteiger partial charge in [0.15, 0.2) is 0 Å². The molecule has 0 aliphatic heterocycles. The van der Waals surface area contributed by atoms with E-state index in [1.165, 1.54) is 37.4 Å². The third-order valence-electron chi connectivity index (χ3n) is 3.11. The zero-order valence-electron chi connectivity index (χ0n) is 12.5. The molecule has 0 aliphatic rings. The number of methoxy groups -OCH3 is 1. The van der Waals surface area contributed by atoms with E-state index in [9.17, 15) is 13.2 Å². The molecule has 5 nitrogen and oxygen atoms in total. The molecule has 0 unspecified atom stereocenters. The van der Waals surface area contributed by atoms with E-state index < -0.39 is 16.1 Å². The Balaban J connectivity index is 2.30. The van der Waals surface area contributed by atoms with Crippen molar-refractivity contribution in [1.82, 2.24) is 0 Å². The van der Waals surface area contributed by atoms with Crippen LogP contribution < -0.4 is 4.18 Å². The smallest absolute Gasteiger partial charge is 0.339 e. The van der Waals surface area contributed by atoms with Crippen LogP contribution in [0.1, 0.15) is 21.5 Å². The number of carbonyl (C=O) groups is 1. The highest BCUT2D eigenvalue weighted by Gasteiger charge is 2.18. The lowest BCUT2D eigenvalue weighted by molar-refractivity contribution is 0.0600. The van der Waals surface area contributed by atoms with Crippen LogP contribution >= 0.6 is 0 Å². The van der Waals surface area contributed by atoms with E-state index in [4.69, 9.17) is 4.18 Å². The predicted octanol–water partition coefficient (Wildman–Crippen LogP) is 2.86. The molecule has 0 spiro atoms. The monoisotopic (exact) mass is 320 g/mol. The Morgan fingerprint density at radius 1 is 1.00 bits per heavy atom. The van der Waals surface area contributed by atoms with Gasteiger partial charge in [0.1, 0.15) is 10.6 Å². The standard InChI is InChI=1S/C16H16O5S/c1-11-4-7-14(8-5-11)22(18,19)21-15-9-6-13(10-12(15)2)16(17)20-3/h4-10H,1-3H3. The van der Waals surface area contributed by atoms with Crippen molar-refractivity contribution >= 4 is 16.1 Å². The van der Waals surface area contributed by atoms with Gasteiger partial charge in [-0.2, -0.15) is 8.42 Å². The fourth-order valence-corrected chi connectivity index (χ4v) is 2.85. The summed E-state index contributed by atoms with van der Waals surface area (Å²) in [7, 11) is -2.63. The van der Waals surface area contributed by atoms with Gasteiger partial charge in [-0.05, 0) is 49.7 Å². The summed E-state index contributed by atoms with van der Waals surface area (Å²) in [5.41, 5.74) is 1.82. The molecule has 0 fully saturated rings. The van der Waals surface area contributed by atoms with Gasteiger partial charge >= 0.3 is 16.1 Å². The topological polar surface area (TPSA) is 69.7 Å². The van der Waals surface area contributed by atoms with Crippen molar-refractivity contribution in [3.05, 3.63) is 59.2 Å². The Kier molecular flexibility index (Phi) is 4.51. The number of rotatable bonds is 4. The molecule has 0 heterocycles. The Morgan fingerprint density at radius 2 is 1.64 bits per heavy atom. The summed E-state index contributed by atoms with van der Waals surface area (Å²) in [4.78, 5) is 11.5. The molecular weight excluding hydrogens is 304 g/mol. The van der Waals surface area contributed by atoms with Crippen molar-refractivity contribution in [2.45, 2.75) is 18.7 Å². The summed E-state index contributed by atoms with van der Waals surface area (Å²) in [6, 6.07) is 10.8. The minimum atomic E-state index is -3.91. The minimum Gasteiger partial charge on any atom is -0.465 e. The fraction of sp³-hybridized carbons (Fsp3) is 0.188. The maximum Gasteiger partial charge on any atom is 0.339 e. The third kappa shape index (κ3) is 3.46. The van der Waals surface area contributed by atoms with Crippen LogP contribution in [0.3, 0.4) is 0 Å². The number of hydrogen-bond donors (Lipinski definition) is 0. The molecule has 0 radical (unpaired) electrons. The van der Waals surface area contributed by atoms with Gasteiger partial charge in [-0.15, -0.1) is 0 Å². The average Bonchev–Trinajstić information content (AvgIpc) is 2.48. The number of hydrogen-bond acceptors (Lipinski definition) is 5. The van der Waals surface area contributed by atoms with E-state index in [0.29, 0.717) is 11.1 Å². The van der Waals surface area contributed by atoms with Crippen LogP contribution in [0, 0.1) is 13.8 Å². The Hall–Kier alpha value is -2.34. The lowest BCUT2D eigenvalue weighted by Crippen LogP contribution is -2.11. The lowest BCUT2D eigenvalue weighted by Gasteiger charge is -2.10. The number of ether oxygens (including phenoxy) is 1. The van der Waals surface area contributed by atoms with Crippen molar-refractivity contribution < 1.29 is 22.1 Å². The molecule has 6 heteroatoms. The summed E-state index contributed by atoms with van der Waals surface area (Å²) in [5.74, 6) is -0.315. The SMILES string of the molecule is COC(=O)c1ccc(OS(=O)(=O)c2ccc(C)cc2)c(C)c1. The Bertz CT molecular complexity index is 792. The van der Waals surface area contributed by atoms with Crippen LogP contribution in [0.2, 0.25) is 0 Å². The molecular formula is C16H16O5S. The summed E-state index contributed by atoms with van der Waals surface area (Å²) in [6.45, 7) is 3.53. The zero-order chi connectivity index (χ0) is 16.3. The minimum absolute atomic E-state index is 0.0783. The first-order valence-corrected chi connectivity index (χ1v) is 7.94. The highest BCUT2D eigenvalue weighted by atomic mass is 32.2. The van der Waals surface area contributed by atoms with Crippen molar-refractivity contribution in [2.24, 2.45) is 0 Å². The van der Waals surface area contributed by atoms with Crippen molar-refractivity contribution in [2.75, 3.05) is 7.11 Å². The van der Waals surface area contributed by atoms with Gasteiger partial charge in [0, 0.05) is 0 Å². The molecule has 0 saturated heterocycles. The molecule has 0 aliphatic carbocycles. The van der Waals surface area contributed by atoms with Gasteiger partial charge in [-0.1, -0.05) is 17.7 Å². The number of benzene rings is 2. The second-order valence-electron chi connectivity index (χ2n) is 4.82. The molecule has 2 aromatic carbocycles. The lowest BCUT2D eigenvalue weighted by atomic mass is 10.1. The first-order valence-electron chi connectivity index (χ1n) is 6.53. The molecule has 22 heavy (non-hydrogen) atoms. The van der Waals surface area contributed by atoms with Crippen LogP contribution in [0.4, 0.5) is 0 Å². The van der Waals surface area contributed by atoms with Crippen molar-refractivity contribution in [3.63, 3.8) is 0 Å². The maximum atomic E-state index is 12.2. The van der Waals surface area contributed by atoms with Crippen LogP contribution in [0.15, 0.2) is 47.4 Å². The second-order valence-corrected chi connectivity index (χ2v) is 6.37. The van der Waals surface area contributed by atoms with Gasteiger partial charge in [0.2, 0.25) is 0 Å². The van der Waals surface area contributed by atoms with Crippen LogP contribution in [0.25, 0.3) is 0 Å². The average molecular weight is 320 g/mol. The van der Waals surface area contributed by atoms with Crippen molar-refractivity contribution in [3.8, 4) is 5.75 Å². The van der Waals surface area contributed by atoms with E-state index in [0.717, 1.165) is 5.56 Å². The molecule has 0 amide bonds. The van der Waals surface area contributed by atoms with Crippen LogP contribution in [-0.4, -0.2) is 21.5 Å². The normalized spacial score (nSPS) is 11.0. The van der Waals surface area contributed by atoms with Gasteiger partial charge in [-0.3, -0.25) is 0 Å². The fourth-order valence-electron chi connectivity index (χ4n) is 1.86. The van der Waals surface area contributed by atoms with E-state index in [1.807, 2.05) is 6.92 Å². The second kappa shape index (κ2) is 6.19. The summed E-state index contributed by atoms with van der Waals surface area (Å²) >= 11 is 0. The quantitative estimate of drug-likeness (QED) is 0.640. The largest absolute Gasteiger partial charge is 0.465 e. The van der Waals surface area contributed by atoms with E-state index >= 15 is 0 Å². The first-order chi connectivity index (χ1) is 10.3. The number of carbonyl (C=O) groups excluding carboxylic acids is 1. The van der Waals surface area contributed by atoms with Gasteiger partial charge in [0.05, 0.1) is 12.7 Å². The Morgan fingerprint density at radius 3 is 2.18 bits per heavy atom. The summed E-state index contributed by atoms with van der Waals surface area (Å²) < 4.78 is 34.2. The molecule has 0 aromatic heterocycles. The molecule has 2 aromatic rings. The highest BCUT2D eigenvalue weighted by molar-refractivity contribution is 7.87.